The van der Waals surface area contributed by atoms with E-state index >= 15 is 0 Å². The van der Waals surface area contributed by atoms with Crippen molar-refractivity contribution >= 4 is 17.4 Å². The van der Waals surface area contributed by atoms with Crippen LogP contribution in [-0.2, 0) is 4.79 Å². The molecule has 1 heterocycles. The smallest absolute Gasteiger partial charge is 0.242 e. The van der Waals surface area contributed by atoms with Crippen LogP contribution in [0.5, 0.6) is 5.88 Å². The molecule has 0 unspecified atom stereocenters. The summed E-state index contributed by atoms with van der Waals surface area (Å²) in [4.78, 5) is 23.8. The number of hydrogen-bond donors (Lipinski definition) is 1. The number of carbonyl (C=O) groups excluding carboxylic acids is 1. The summed E-state index contributed by atoms with van der Waals surface area (Å²) in [7, 11) is 1.78. The summed E-state index contributed by atoms with van der Waals surface area (Å²) in [6, 6.07) is 0. The van der Waals surface area contributed by atoms with E-state index in [1.807, 2.05) is 20.8 Å². The Morgan fingerprint density at radius 2 is 1.95 bits per heavy atom. The fraction of sp³-hybridized carbons (Fsp3) is 0.643. The second kappa shape index (κ2) is 8.28. The molecule has 0 saturated carbocycles. The highest BCUT2D eigenvalue weighted by molar-refractivity contribution is 5.82. The summed E-state index contributed by atoms with van der Waals surface area (Å²) in [5.74, 6) is 0.914. The molecule has 0 spiro atoms. The van der Waals surface area contributed by atoms with Crippen molar-refractivity contribution in [1.29, 1.82) is 0 Å². The molecule has 1 aromatic heterocycles. The average molecular weight is 295 g/mol. The Hall–Kier alpha value is -2.05. The maximum atomic E-state index is 12.1. The number of anilines is 2. The lowest BCUT2D eigenvalue weighted by Crippen LogP contribution is -2.39. The number of ether oxygens (including phenoxy) is 1. The van der Waals surface area contributed by atoms with Crippen LogP contribution in [0, 0.1) is 0 Å². The van der Waals surface area contributed by atoms with E-state index in [2.05, 4.69) is 9.97 Å². The summed E-state index contributed by atoms with van der Waals surface area (Å²) in [6.45, 7) is 8.06. The Morgan fingerprint density at radius 3 is 2.52 bits per heavy atom. The van der Waals surface area contributed by atoms with E-state index in [9.17, 15) is 4.79 Å². The summed E-state index contributed by atoms with van der Waals surface area (Å²) in [6.07, 6.45) is 2.27. The summed E-state index contributed by atoms with van der Waals surface area (Å²) >= 11 is 0. The monoisotopic (exact) mass is 295 g/mol. The highest BCUT2D eigenvalue weighted by atomic mass is 16.5. The third kappa shape index (κ3) is 4.47. The molecule has 7 heteroatoms. The van der Waals surface area contributed by atoms with Crippen LogP contribution in [0.1, 0.15) is 27.2 Å². The molecule has 7 nitrogen and oxygen atoms in total. The van der Waals surface area contributed by atoms with Gasteiger partial charge in [0.1, 0.15) is 12.0 Å². The largest absolute Gasteiger partial charge is 0.476 e. The van der Waals surface area contributed by atoms with Gasteiger partial charge in [-0.3, -0.25) is 4.79 Å². The van der Waals surface area contributed by atoms with Crippen molar-refractivity contribution in [2.45, 2.75) is 27.2 Å². The molecule has 0 aliphatic heterocycles. The lowest BCUT2D eigenvalue weighted by Gasteiger charge is -2.24. The second-order valence-electron chi connectivity index (χ2n) is 4.69. The number of rotatable bonds is 8. The molecule has 1 amide bonds. The minimum absolute atomic E-state index is 0.0385. The Morgan fingerprint density at radius 1 is 1.29 bits per heavy atom. The van der Waals surface area contributed by atoms with E-state index < -0.39 is 0 Å². The van der Waals surface area contributed by atoms with Crippen LogP contribution in [0.25, 0.3) is 0 Å². The number of nitrogens with two attached hydrogens (primary N) is 1. The molecule has 118 valence electrons. The van der Waals surface area contributed by atoms with Crippen molar-refractivity contribution < 1.29 is 9.53 Å². The first kappa shape index (κ1) is 17.0. The Bertz CT molecular complexity index is 463. The number of aromatic nitrogens is 2. The fourth-order valence-electron chi connectivity index (χ4n) is 1.94. The highest BCUT2D eigenvalue weighted by Crippen LogP contribution is 2.27. The zero-order chi connectivity index (χ0) is 15.8. The van der Waals surface area contributed by atoms with Crippen LogP contribution in [0.4, 0.5) is 11.5 Å². The molecule has 0 radical (unpaired) electrons. The van der Waals surface area contributed by atoms with Crippen molar-refractivity contribution in [3.05, 3.63) is 6.33 Å². The third-order valence-electron chi connectivity index (χ3n) is 3.12. The van der Waals surface area contributed by atoms with Crippen molar-refractivity contribution in [2.24, 2.45) is 0 Å². The van der Waals surface area contributed by atoms with Gasteiger partial charge in [0.15, 0.2) is 5.82 Å². The van der Waals surface area contributed by atoms with Gasteiger partial charge in [0.05, 0.1) is 13.2 Å². The van der Waals surface area contributed by atoms with Crippen molar-refractivity contribution in [2.75, 3.05) is 43.9 Å². The molecule has 0 saturated heterocycles. The first-order valence-electron chi connectivity index (χ1n) is 7.27. The molecular formula is C14H25N5O2. The lowest BCUT2D eigenvalue weighted by molar-refractivity contribution is -0.129. The topological polar surface area (TPSA) is 84.6 Å². The maximum absolute atomic E-state index is 12.1. The standard InChI is InChI=1S/C14H25N5O2/c1-5-8-21-14-12(15)13(16-10-17-14)18(4)9-11(20)19(6-2)7-3/h10H,5-9,15H2,1-4H3. The first-order chi connectivity index (χ1) is 10.0. The molecule has 0 aliphatic rings. The minimum atomic E-state index is 0.0385. The van der Waals surface area contributed by atoms with Crippen LogP contribution in [-0.4, -0.2) is 54.1 Å². The normalized spacial score (nSPS) is 10.3. The van der Waals surface area contributed by atoms with E-state index in [1.54, 1.807) is 16.8 Å². The predicted molar refractivity (Wildman–Crippen MR) is 83.4 cm³/mol. The zero-order valence-electron chi connectivity index (χ0n) is 13.3. The van der Waals surface area contributed by atoms with Crippen LogP contribution in [0.15, 0.2) is 6.33 Å². The molecule has 0 aromatic carbocycles. The Balaban J connectivity index is 2.82. The van der Waals surface area contributed by atoms with Gasteiger partial charge in [0.25, 0.3) is 0 Å². The number of amides is 1. The van der Waals surface area contributed by atoms with Gasteiger partial charge in [-0.05, 0) is 20.3 Å². The highest BCUT2D eigenvalue weighted by Gasteiger charge is 2.17. The van der Waals surface area contributed by atoms with Gasteiger partial charge < -0.3 is 20.3 Å². The van der Waals surface area contributed by atoms with Crippen LogP contribution in [0.3, 0.4) is 0 Å². The van der Waals surface area contributed by atoms with Gasteiger partial charge in [-0.15, -0.1) is 0 Å². The quantitative estimate of drug-likeness (QED) is 0.774. The van der Waals surface area contributed by atoms with Crippen molar-refractivity contribution in [3.8, 4) is 5.88 Å². The zero-order valence-corrected chi connectivity index (χ0v) is 13.3. The molecule has 0 fully saturated rings. The van der Waals surface area contributed by atoms with Gasteiger partial charge in [0.2, 0.25) is 11.8 Å². The summed E-state index contributed by atoms with van der Waals surface area (Å²) < 4.78 is 5.47. The Labute approximate surface area is 126 Å². The summed E-state index contributed by atoms with van der Waals surface area (Å²) in [5.41, 5.74) is 6.39. The Kier molecular flexibility index (Phi) is 6.71. The van der Waals surface area contributed by atoms with Crippen molar-refractivity contribution in [3.63, 3.8) is 0 Å². The number of carbonyl (C=O) groups is 1. The number of likely N-dealkylation sites (N-methyl/N-ethyl adjacent to an activating group) is 2. The fourth-order valence-corrected chi connectivity index (χ4v) is 1.94. The minimum Gasteiger partial charge on any atom is -0.476 e. The van der Waals surface area contributed by atoms with Crippen molar-refractivity contribution in [1.82, 2.24) is 14.9 Å². The number of nitrogen functional groups attached to an aromatic ring is 1. The maximum Gasteiger partial charge on any atom is 0.242 e. The lowest BCUT2D eigenvalue weighted by atomic mass is 10.3. The van der Waals surface area contributed by atoms with E-state index in [0.717, 1.165) is 6.42 Å². The molecule has 0 bridgehead atoms. The molecule has 0 atom stereocenters. The third-order valence-corrected chi connectivity index (χ3v) is 3.12. The van der Waals surface area contributed by atoms with Gasteiger partial charge in [-0.25, -0.2) is 4.98 Å². The van der Waals surface area contributed by atoms with Gasteiger partial charge in [-0.2, -0.15) is 4.98 Å². The number of hydrogen-bond acceptors (Lipinski definition) is 6. The molecule has 21 heavy (non-hydrogen) atoms. The van der Waals surface area contributed by atoms with Gasteiger partial charge in [0, 0.05) is 20.1 Å². The molecular weight excluding hydrogens is 270 g/mol. The molecule has 1 aromatic rings. The van der Waals surface area contributed by atoms with Crippen LogP contribution in [0.2, 0.25) is 0 Å². The van der Waals surface area contributed by atoms with E-state index in [1.165, 1.54) is 6.33 Å². The first-order valence-corrected chi connectivity index (χ1v) is 7.27. The predicted octanol–water partition coefficient (Wildman–Crippen LogP) is 1.15. The van der Waals surface area contributed by atoms with E-state index in [0.29, 0.717) is 37.1 Å². The number of nitrogens with zero attached hydrogens (tertiary/aromatic N) is 4. The summed E-state index contributed by atoms with van der Waals surface area (Å²) in [5, 5.41) is 0. The second-order valence-corrected chi connectivity index (χ2v) is 4.69. The van der Waals surface area contributed by atoms with Crippen LogP contribution >= 0.6 is 0 Å². The molecule has 2 N–H and O–H groups in total. The van der Waals surface area contributed by atoms with Crippen LogP contribution < -0.4 is 15.4 Å². The molecule has 1 rings (SSSR count). The van der Waals surface area contributed by atoms with Gasteiger partial charge >= 0.3 is 0 Å². The SMILES string of the molecule is CCCOc1ncnc(N(C)CC(=O)N(CC)CC)c1N. The van der Waals surface area contributed by atoms with E-state index in [4.69, 9.17) is 10.5 Å². The molecule has 0 aliphatic carbocycles. The average Bonchev–Trinajstić information content (AvgIpc) is 2.47. The van der Waals surface area contributed by atoms with Gasteiger partial charge in [-0.1, -0.05) is 6.92 Å². The van der Waals surface area contributed by atoms with E-state index in [-0.39, 0.29) is 12.5 Å².